The molecule has 1 saturated carbocycles. The molecule has 0 spiro atoms. The summed E-state index contributed by atoms with van der Waals surface area (Å²) in [6.45, 7) is 10.1. The third-order valence-electron chi connectivity index (χ3n) is 9.65. The predicted octanol–water partition coefficient (Wildman–Crippen LogP) is 5.02. The number of hydrogen-bond acceptors (Lipinski definition) is 10. The van der Waals surface area contributed by atoms with E-state index >= 15 is 0 Å². The second-order valence-corrected chi connectivity index (χ2v) is 13.8. The first kappa shape index (κ1) is 50.8. The average Bonchev–Trinajstić information content (AvgIpc) is 3.21. The lowest BCUT2D eigenvalue weighted by Crippen LogP contribution is -2.53. The number of aliphatic carboxylic acids is 4. The van der Waals surface area contributed by atoms with E-state index < -0.39 is 23.9 Å². The zero-order valence-electron chi connectivity index (χ0n) is 34.5. The molecule has 16 heteroatoms. The van der Waals surface area contributed by atoms with E-state index in [1.54, 1.807) is 14.2 Å². The van der Waals surface area contributed by atoms with Crippen LogP contribution in [0.15, 0.2) is 48.5 Å². The molecule has 3 rings (SSSR count). The van der Waals surface area contributed by atoms with Crippen LogP contribution in [0.4, 0.5) is 0 Å². The molecule has 2 atom stereocenters. The van der Waals surface area contributed by atoms with E-state index in [2.05, 4.69) is 58.5 Å². The Balaban J connectivity index is 0.00000122. The van der Waals surface area contributed by atoms with Crippen molar-refractivity contribution >= 4 is 35.7 Å². The van der Waals surface area contributed by atoms with Crippen molar-refractivity contribution in [3.8, 4) is 11.5 Å². The molecule has 0 saturated heterocycles. The van der Waals surface area contributed by atoms with Gasteiger partial charge in [-0.25, -0.2) is 19.2 Å². The molecule has 16 nitrogen and oxygen atoms in total. The first-order valence-corrected chi connectivity index (χ1v) is 20.0. The fourth-order valence-corrected chi connectivity index (χ4v) is 6.48. The summed E-state index contributed by atoms with van der Waals surface area (Å²) < 4.78 is 11.0. The quantitative estimate of drug-likeness (QED) is 0.0677. The lowest BCUT2D eigenvalue weighted by atomic mass is 9.90. The van der Waals surface area contributed by atoms with Gasteiger partial charge in [0.2, 0.25) is 11.8 Å². The van der Waals surface area contributed by atoms with Crippen molar-refractivity contribution in [2.45, 2.75) is 116 Å². The van der Waals surface area contributed by atoms with Crippen LogP contribution < -0.4 is 20.1 Å². The number of nitrogens with zero attached hydrogens (tertiary/aromatic N) is 2. The van der Waals surface area contributed by atoms with Gasteiger partial charge in [-0.3, -0.25) is 19.4 Å². The Bertz CT molecular complexity index is 1420. The summed E-state index contributed by atoms with van der Waals surface area (Å²) >= 11 is 0. The van der Waals surface area contributed by atoms with Crippen molar-refractivity contribution in [2.24, 2.45) is 0 Å². The molecule has 6 N–H and O–H groups in total. The zero-order chi connectivity index (χ0) is 43.3. The maximum atomic E-state index is 12.8. The van der Waals surface area contributed by atoms with E-state index in [0.717, 1.165) is 115 Å². The van der Waals surface area contributed by atoms with Crippen molar-refractivity contribution in [2.75, 3.05) is 40.4 Å². The maximum Gasteiger partial charge on any atom is 0.414 e. The molecule has 0 radical (unpaired) electrons. The number of amides is 2. The van der Waals surface area contributed by atoms with Crippen molar-refractivity contribution < 1.29 is 58.7 Å². The fourth-order valence-electron chi connectivity index (χ4n) is 6.48. The molecule has 2 amide bonds. The van der Waals surface area contributed by atoms with Gasteiger partial charge in [0.25, 0.3) is 0 Å². The minimum absolute atomic E-state index is 0.0368. The highest BCUT2D eigenvalue weighted by atomic mass is 16.5. The number of carboxylic acid groups (broad SMARTS) is 4. The van der Waals surface area contributed by atoms with Gasteiger partial charge >= 0.3 is 23.9 Å². The Kier molecular flexibility index (Phi) is 26.2. The molecule has 0 aromatic heterocycles. The van der Waals surface area contributed by atoms with Crippen molar-refractivity contribution in [1.82, 2.24) is 20.4 Å². The van der Waals surface area contributed by atoms with Gasteiger partial charge in [0.05, 0.1) is 14.2 Å². The number of nitrogens with one attached hydrogen (secondary N) is 2. The van der Waals surface area contributed by atoms with Gasteiger partial charge in [-0.2, -0.15) is 0 Å². The number of hydrogen-bond donors (Lipinski definition) is 6. The van der Waals surface area contributed by atoms with E-state index in [0.29, 0.717) is 12.8 Å². The van der Waals surface area contributed by atoms with Gasteiger partial charge in [-0.15, -0.1) is 0 Å². The Morgan fingerprint density at radius 2 is 0.914 bits per heavy atom. The van der Waals surface area contributed by atoms with E-state index in [-0.39, 0.29) is 23.9 Å². The molecule has 0 unspecified atom stereocenters. The van der Waals surface area contributed by atoms with E-state index in [4.69, 9.17) is 49.1 Å². The number of benzene rings is 2. The smallest absolute Gasteiger partial charge is 0.414 e. The number of unbranched alkanes of at least 4 members (excludes halogenated alkanes) is 4. The monoisotopic (exact) mass is 816 g/mol. The number of methoxy groups -OCH3 is 2. The van der Waals surface area contributed by atoms with Gasteiger partial charge < -0.3 is 40.5 Å². The summed E-state index contributed by atoms with van der Waals surface area (Å²) in [5, 5.41) is 36.1. The van der Waals surface area contributed by atoms with E-state index in [1.165, 1.54) is 11.1 Å². The summed E-state index contributed by atoms with van der Waals surface area (Å²) in [5.41, 5.74) is 2.42. The predicted molar refractivity (Wildman–Crippen MR) is 218 cm³/mol. The third-order valence-corrected chi connectivity index (χ3v) is 9.65. The van der Waals surface area contributed by atoms with Gasteiger partial charge in [-0.05, 0) is 76.8 Å². The highest BCUT2D eigenvalue weighted by Crippen LogP contribution is 2.22. The van der Waals surface area contributed by atoms with Crippen LogP contribution in [0, 0.1) is 0 Å². The Morgan fingerprint density at radius 3 is 1.22 bits per heavy atom. The second-order valence-electron chi connectivity index (χ2n) is 13.8. The number of rotatable bonds is 22. The Morgan fingerprint density at radius 1 is 0.569 bits per heavy atom. The SMILES string of the molecule is CCN(CCCCCC(=O)N[C@@H]1CCCC[C@H]1NC(=O)CCCCCN(CC)Cc1ccccc1OC)Cc1ccccc1OC.O=C(O)C(=O)O.O=C(O)C(=O)O. The summed E-state index contributed by atoms with van der Waals surface area (Å²) in [6, 6.07) is 16.5. The zero-order valence-corrected chi connectivity index (χ0v) is 34.5. The molecule has 0 heterocycles. The van der Waals surface area contributed by atoms with Gasteiger partial charge in [0, 0.05) is 49.1 Å². The average molecular weight is 817 g/mol. The lowest BCUT2D eigenvalue weighted by Gasteiger charge is -2.33. The Labute approximate surface area is 341 Å². The molecule has 0 aliphatic heterocycles. The molecule has 2 aromatic carbocycles. The van der Waals surface area contributed by atoms with Crippen molar-refractivity contribution in [3.63, 3.8) is 0 Å². The third kappa shape index (κ3) is 21.9. The molecule has 1 aliphatic rings. The van der Waals surface area contributed by atoms with E-state index in [1.807, 2.05) is 24.3 Å². The summed E-state index contributed by atoms with van der Waals surface area (Å²) in [6.07, 6.45) is 11.1. The normalized spacial score (nSPS) is 14.5. The fraction of sp³-hybridized carbons (Fsp3) is 0.571. The second kappa shape index (κ2) is 29.9. The molecular weight excluding hydrogens is 752 g/mol. The van der Waals surface area contributed by atoms with Gasteiger partial charge in [0.15, 0.2) is 0 Å². The largest absolute Gasteiger partial charge is 0.496 e. The number of carbonyl (C=O) groups is 6. The minimum Gasteiger partial charge on any atom is -0.496 e. The number of ether oxygens (including phenoxy) is 2. The van der Waals surface area contributed by atoms with Crippen LogP contribution in [0.3, 0.4) is 0 Å². The van der Waals surface area contributed by atoms with Crippen LogP contribution in [-0.2, 0) is 41.9 Å². The van der Waals surface area contributed by atoms with Gasteiger partial charge in [0.1, 0.15) is 11.5 Å². The number of carbonyl (C=O) groups excluding carboxylic acids is 2. The van der Waals surface area contributed by atoms with Crippen LogP contribution in [0.5, 0.6) is 11.5 Å². The van der Waals surface area contributed by atoms with Crippen LogP contribution in [0.25, 0.3) is 0 Å². The van der Waals surface area contributed by atoms with Crippen LogP contribution >= 0.6 is 0 Å². The summed E-state index contributed by atoms with van der Waals surface area (Å²) in [7, 11) is 3.44. The molecule has 324 valence electrons. The molecule has 1 aliphatic carbocycles. The van der Waals surface area contributed by atoms with Crippen LogP contribution in [0.1, 0.15) is 102 Å². The van der Waals surface area contributed by atoms with E-state index in [9.17, 15) is 9.59 Å². The summed E-state index contributed by atoms with van der Waals surface area (Å²) in [5.74, 6) is -5.20. The molecule has 1 fully saturated rings. The van der Waals surface area contributed by atoms with Crippen LogP contribution in [-0.4, -0.2) is 118 Å². The maximum absolute atomic E-state index is 12.8. The molecule has 58 heavy (non-hydrogen) atoms. The number of para-hydroxylation sites is 2. The molecule has 0 bridgehead atoms. The highest BCUT2D eigenvalue weighted by Gasteiger charge is 2.27. The topological polar surface area (TPSA) is 232 Å². The lowest BCUT2D eigenvalue weighted by molar-refractivity contribution is -0.159. The first-order chi connectivity index (χ1) is 27.8. The summed E-state index contributed by atoms with van der Waals surface area (Å²) in [4.78, 5) is 66.9. The van der Waals surface area contributed by atoms with Crippen molar-refractivity contribution in [1.29, 1.82) is 0 Å². The first-order valence-electron chi connectivity index (χ1n) is 20.0. The highest BCUT2D eigenvalue weighted by molar-refractivity contribution is 6.27. The van der Waals surface area contributed by atoms with Crippen LogP contribution in [0.2, 0.25) is 0 Å². The Hall–Kier alpha value is -5.22. The number of carboxylic acids is 4. The van der Waals surface area contributed by atoms with Gasteiger partial charge in [-0.1, -0.05) is 75.9 Å². The standard InChI is InChI=1S/C38H60N4O4.2C2H2O4/c1-5-41(29-31-19-11-15-23-35(31)45-3)27-17-7-9-25-37(43)39-33-21-13-14-22-34(33)40-38(44)26-10-8-18-28-42(6-2)30-32-20-12-16-24-36(32)46-4;2*3-1(4)2(5)6/h11-12,15-16,19-20,23-24,33-34H,5-10,13-14,17-18,21-22,25-30H2,1-4H3,(H,39,43)(H,40,44);2*(H,3,4)(H,5,6)/t33-,34-;;/m1../s1. The molecule has 2 aromatic rings. The van der Waals surface area contributed by atoms with Crippen molar-refractivity contribution in [3.05, 3.63) is 59.7 Å². The minimum atomic E-state index is -1.82. The molecular formula is C42H64N4O12.